The van der Waals surface area contributed by atoms with Gasteiger partial charge in [-0.15, -0.1) is 0 Å². The molecule has 5 heteroatoms. The van der Waals surface area contributed by atoms with Crippen LogP contribution >= 0.6 is 0 Å². The third-order valence-electron chi connectivity index (χ3n) is 3.47. The van der Waals surface area contributed by atoms with Crippen LogP contribution in [0.3, 0.4) is 0 Å². The first-order valence-corrected chi connectivity index (χ1v) is 7.97. The van der Waals surface area contributed by atoms with Crippen LogP contribution in [-0.4, -0.2) is 33.0 Å². The van der Waals surface area contributed by atoms with Crippen molar-refractivity contribution in [2.24, 2.45) is 5.14 Å². The Labute approximate surface area is 109 Å². The largest absolute Gasteiger partial charge is 0.303 e. The van der Waals surface area contributed by atoms with Crippen LogP contribution in [0.25, 0.3) is 0 Å². The molecule has 0 aliphatic carbocycles. The molecule has 1 heterocycles. The summed E-state index contributed by atoms with van der Waals surface area (Å²) in [5, 5.41) is 4.77. The molecular formula is C13H20N2O2S. The van der Waals surface area contributed by atoms with Gasteiger partial charge in [-0.05, 0) is 44.5 Å². The molecule has 0 aromatic heterocycles. The van der Waals surface area contributed by atoms with E-state index in [2.05, 4.69) is 4.90 Å². The zero-order valence-electron chi connectivity index (χ0n) is 10.5. The molecule has 2 rings (SSSR count). The van der Waals surface area contributed by atoms with Crippen molar-refractivity contribution in [2.45, 2.75) is 24.5 Å². The highest BCUT2D eigenvalue weighted by atomic mass is 32.2. The quantitative estimate of drug-likeness (QED) is 0.880. The summed E-state index contributed by atoms with van der Waals surface area (Å²) >= 11 is 0. The minimum Gasteiger partial charge on any atom is -0.303 e. The summed E-state index contributed by atoms with van der Waals surface area (Å²) in [4.78, 5) is 2.31. The first-order valence-electron chi connectivity index (χ1n) is 6.36. The van der Waals surface area contributed by atoms with Crippen molar-refractivity contribution >= 4 is 10.0 Å². The minimum atomic E-state index is -3.54. The highest BCUT2D eigenvalue weighted by Gasteiger charge is 2.24. The molecule has 100 valence electrons. The zero-order chi connectivity index (χ0) is 13.0. The zero-order valence-corrected chi connectivity index (χ0v) is 11.3. The molecule has 0 amide bonds. The van der Waals surface area contributed by atoms with Crippen LogP contribution in [0.15, 0.2) is 30.3 Å². The molecular weight excluding hydrogens is 248 g/mol. The molecule has 0 spiro atoms. The van der Waals surface area contributed by atoms with E-state index in [9.17, 15) is 8.42 Å². The van der Waals surface area contributed by atoms with Gasteiger partial charge in [0.2, 0.25) is 10.0 Å². The smallest absolute Gasteiger partial charge is 0.216 e. The van der Waals surface area contributed by atoms with E-state index in [0.29, 0.717) is 6.42 Å². The van der Waals surface area contributed by atoms with Gasteiger partial charge in [-0.1, -0.05) is 30.3 Å². The van der Waals surface area contributed by atoms with E-state index >= 15 is 0 Å². The van der Waals surface area contributed by atoms with Crippen molar-refractivity contribution in [1.82, 2.24) is 4.90 Å². The van der Waals surface area contributed by atoms with Gasteiger partial charge in [0.25, 0.3) is 0 Å². The number of likely N-dealkylation sites (tertiary alicyclic amines) is 1. The van der Waals surface area contributed by atoms with Gasteiger partial charge in [0.15, 0.2) is 0 Å². The molecule has 1 fully saturated rings. The SMILES string of the molecule is NS(=O)(=O)C(CCN1CCCC1)c1ccccc1. The average Bonchev–Trinajstić information content (AvgIpc) is 2.82. The van der Waals surface area contributed by atoms with E-state index in [4.69, 9.17) is 5.14 Å². The average molecular weight is 268 g/mol. The lowest BCUT2D eigenvalue weighted by Crippen LogP contribution is -2.27. The molecule has 1 aliphatic heterocycles. The number of rotatable bonds is 5. The molecule has 1 unspecified atom stereocenters. The Bertz CT molecular complexity index is 467. The summed E-state index contributed by atoms with van der Waals surface area (Å²) < 4.78 is 23.4. The van der Waals surface area contributed by atoms with Gasteiger partial charge in [-0.3, -0.25) is 0 Å². The van der Waals surface area contributed by atoms with Crippen molar-refractivity contribution in [2.75, 3.05) is 19.6 Å². The minimum absolute atomic E-state index is 0.572. The topological polar surface area (TPSA) is 63.4 Å². The van der Waals surface area contributed by atoms with Crippen LogP contribution in [0.2, 0.25) is 0 Å². The van der Waals surface area contributed by atoms with E-state index < -0.39 is 15.3 Å². The number of nitrogens with two attached hydrogens (primary N) is 1. The Morgan fingerprint density at radius 2 is 1.78 bits per heavy atom. The van der Waals surface area contributed by atoms with Crippen molar-refractivity contribution < 1.29 is 8.42 Å². The highest BCUT2D eigenvalue weighted by molar-refractivity contribution is 7.89. The molecule has 18 heavy (non-hydrogen) atoms. The number of hydrogen-bond donors (Lipinski definition) is 1. The predicted molar refractivity (Wildman–Crippen MR) is 72.6 cm³/mol. The van der Waals surface area contributed by atoms with Crippen molar-refractivity contribution in [3.8, 4) is 0 Å². The second kappa shape index (κ2) is 5.82. The summed E-state index contributed by atoms with van der Waals surface area (Å²) in [5.74, 6) is 0. The molecule has 0 saturated carbocycles. The molecule has 2 N–H and O–H groups in total. The van der Waals surface area contributed by atoms with Gasteiger partial charge in [-0.25, -0.2) is 13.6 Å². The summed E-state index contributed by atoms with van der Waals surface area (Å²) in [6, 6.07) is 9.25. The number of hydrogen-bond acceptors (Lipinski definition) is 3. The second-order valence-corrected chi connectivity index (χ2v) is 6.57. The summed E-state index contributed by atoms with van der Waals surface area (Å²) in [5.41, 5.74) is 0.791. The van der Waals surface area contributed by atoms with Crippen LogP contribution in [0.5, 0.6) is 0 Å². The maximum absolute atomic E-state index is 11.7. The molecule has 0 bridgehead atoms. The van der Waals surface area contributed by atoms with Crippen molar-refractivity contribution in [3.63, 3.8) is 0 Å². The van der Waals surface area contributed by atoms with Crippen LogP contribution in [0, 0.1) is 0 Å². The Hall–Kier alpha value is -0.910. The van der Waals surface area contributed by atoms with Gasteiger partial charge in [-0.2, -0.15) is 0 Å². The molecule has 4 nitrogen and oxygen atoms in total. The monoisotopic (exact) mass is 268 g/mol. The Morgan fingerprint density at radius 3 is 2.33 bits per heavy atom. The lowest BCUT2D eigenvalue weighted by atomic mass is 10.1. The summed E-state index contributed by atoms with van der Waals surface area (Å²) in [7, 11) is -3.54. The van der Waals surface area contributed by atoms with E-state index in [0.717, 1.165) is 25.2 Å². The van der Waals surface area contributed by atoms with Crippen LogP contribution in [-0.2, 0) is 10.0 Å². The summed E-state index contributed by atoms with van der Waals surface area (Å²) in [6.07, 6.45) is 3.00. The fraction of sp³-hybridized carbons (Fsp3) is 0.538. The first-order chi connectivity index (χ1) is 8.57. The third-order valence-corrected chi connectivity index (χ3v) is 4.78. The van der Waals surface area contributed by atoms with E-state index in [-0.39, 0.29) is 0 Å². The van der Waals surface area contributed by atoms with Gasteiger partial charge in [0.05, 0.1) is 0 Å². The Kier molecular flexibility index (Phi) is 4.37. The lowest BCUT2D eigenvalue weighted by molar-refractivity contribution is 0.331. The fourth-order valence-corrected chi connectivity index (χ4v) is 3.46. The first kappa shape index (κ1) is 13.5. The van der Waals surface area contributed by atoms with Gasteiger partial charge < -0.3 is 4.90 Å². The molecule has 1 aromatic carbocycles. The van der Waals surface area contributed by atoms with Gasteiger partial charge >= 0.3 is 0 Å². The van der Waals surface area contributed by atoms with Gasteiger partial charge in [0, 0.05) is 0 Å². The van der Waals surface area contributed by atoms with E-state index in [1.54, 1.807) is 0 Å². The van der Waals surface area contributed by atoms with Crippen molar-refractivity contribution in [1.29, 1.82) is 0 Å². The second-order valence-electron chi connectivity index (χ2n) is 4.83. The van der Waals surface area contributed by atoms with Gasteiger partial charge in [0.1, 0.15) is 5.25 Å². The number of sulfonamides is 1. The molecule has 1 aliphatic rings. The van der Waals surface area contributed by atoms with Crippen LogP contribution < -0.4 is 5.14 Å². The molecule has 1 saturated heterocycles. The molecule has 1 aromatic rings. The molecule has 1 atom stereocenters. The predicted octanol–water partition coefficient (Wildman–Crippen LogP) is 1.50. The van der Waals surface area contributed by atoms with Crippen LogP contribution in [0.4, 0.5) is 0 Å². The maximum Gasteiger partial charge on any atom is 0.216 e. The highest BCUT2D eigenvalue weighted by Crippen LogP contribution is 2.24. The normalized spacial score (nSPS) is 18.9. The number of nitrogens with zero attached hydrogens (tertiary/aromatic N) is 1. The Morgan fingerprint density at radius 1 is 1.17 bits per heavy atom. The Balaban J connectivity index is 2.06. The molecule has 0 radical (unpaired) electrons. The number of primary sulfonamides is 1. The van der Waals surface area contributed by atoms with E-state index in [1.807, 2.05) is 30.3 Å². The third kappa shape index (κ3) is 3.54. The van der Waals surface area contributed by atoms with Crippen molar-refractivity contribution in [3.05, 3.63) is 35.9 Å². The summed E-state index contributed by atoms with van der Waals surface area (Å²) in [6.45, 7) is 2.95. The van der Waals surface area contributed by atoms with E-state index in [1.165, 1.54) is 12.8 Å². The standard InChI is InChI=1S/C13H20N2O2S/c14-18(16,17)13(12-6-2-1-3-7-12)8-11-15-9-4-5-10-15/h1-3,6-7,13H,4-5,8-11H2,(H2,14,16,17). The fourth-order valence-electron chi connectivity index (χ4n) is 2.49. The number of benzene rings is 1. The maximum atomic E-state index is 11.7. The lowest BCUT2D eigenvalue weighted by Gasteiger charge is -2.19. The van der Waals surface area contributed by atoms with Crippen LogP contribution in [0.1, 0.15) is 30.1 Å².